The molecule has 0 aromatic carbocycles. The number of nitrogens with zero attached hydrogens (tertiary/aromatic N) is 2. The third-order valence-electron chi connectivity index (χ3n) is 2.39. The molecule has 0 radical (unpaired) electrons. The second kappa shape index (κ2) is 4.44. The van der Waals surface area contributed by atoms with Crippen molar-refractivity contribution in [2.75, 3.05) is 13.1 Å². The summed E-state index contributed by atoms with van der Waals surface area (Å²) < 4.78 is 0. The van der Waals surface area contributed by atoms with Crippen LogP contribution in [0.5, 0.6) is 0 Å². The molecule has 0 amide bonds. The fourth-order valence-corrected chi connectivity index (χ4v) is 1.85. The molecule has 1 rings (SSSR count). The standard InChI is InChI=1S/C9H16N2O/c1-8(12)7-9-3-2-5-11(9)6-4-10/h8-9,12H,2-3,5-7H2,1H3. The second-order valence-corrected chi connectivity index (χ2v) is 3.51. The Balaban J connectivity index is 2.36. The van der Waals surface area contributed by atoms with E-state index in [4.69, 9.17) is 5.26 Å². The molecule has 68 valence electrons. The van der Waals surface area contributed by atoms with Crippen LogP contribution < -0.4 is 0 Å². The lowest BCUT2D eigenvalue weighted by Gasteiger charge is -2.22. The molecule has 1 aliphatic rings. The van der Waals surface area contributed by atoms with E-state index in [9.17, 15) is 5.11 Å². The Morgan fingerprint density at radius 2 is 2.50 bits per heavy atom. The molecule has 0 aromatic rings. The Bertz CT molecular complexity index is 174. The molecule has 1 aliphatic heterocycles. The van der Waals surface area contributed by atoms with Gasteiger partial charge < -0.3 is 5.11 Å². The summed E-state index contributed by atoms with van der Waals surface area (Å²) in [5.41, 5.74) is 0. The van der Waals surface area contributed by atoms with E-state index in [1.54, 1.807) is 0 Å². The zero-order chi connectivity index (χ0) is 8.97. The minimum atomic E-state index is -0.241. The Morgan fingerprint density at radius 3 is 3.08 bits per heavy atom. The largest absolute Gasteiger partial charge is 0.393 e. The number of aliphatic hydroxyl groups is 1. The first kappa shape index (κ1) is 9.50. The molecule has 0 aliphatic carbocycles. The molecule has 2 atom stereocenters. The van der Waals surface area contributed by atoms with Gasteiger partial charge >= 0.3 is 0 Å². The quantitative estimate of drug-likeness (QED) is 0.632. The van der Waals surface area contributed by atoms with Crippen LogP contribution in [0.1, 0.15) is 26.2 Å². The highest BCUT2D eigenvalue weighted by Crippen LogP contribution is 2.20. The molecule has 1 N–H and O–H groups in total. The van der Waals surface area contributed by atoms with E-state index in [2.05, 4.69) is 11.0 Å². The van der Waals surface area contributed by atoms with E-state index in [-0.39, 0.29) is 6.10 Å². The fraction of sp³-hybridized carbons (Fsp3) is 0.889. The molecule has 2 unspecified atom stereocenters. The van der Waals surface area contributed by atoms with Crippen molar-refractivity contribution < 1.29 is 5.11 Å². The molecule has 12 heavy (non-hydrogen) atoms. The average Bonchev–Trinajstić information content (AvgIpc) is 2.37. The minimum Gasteiger partial charge on any atom is -0.393 e. The van der Waals surface area contributed by atoms with E-state index in [1.165, 1.54) is 6.42 Å². The van der Waals surface area contributed by atoms with Gasteiger partial charge in [0, 0.05) is 6.04 Å². The Labute approximate surface area is 73.6 Å². The Hall–Kier alpha value is -0.590. The number of rotatable bonds is 3. The summed E-state index contributed by atoms with van der Waals surface area (Å²) in [5.74, 6) is 0. The van der Waals surface area contributed by atoms with Crippen molar-refractivity contribution in [1.82, 2.24) is 4.90 Å². The van der Waals surface area contributed by atoms with Crippen molar-refractivity contribution >= 4 is 0 Å². The van der Waals surface area contributed by atoms with Crippen molar-refractivity contribution in [2.24, 2.45) is 0 Å². The zero-order valence-corrected chi connectivity index (χ0v) is 7.53. The van der Waals surface area contributed by atoms with E-state index in [0.717, 1.165) is 19.4 Å². The summed E-state index contributed by atoms with van der Waals surface area (Å²) in [6, 6.07) is 2.59. The first-order valence-corrected chi connectivity index (χ1v) is 4.53. The van der Waals surface area contributed by atoms with Crippen molar-refractivity contribution in [3.63, 3.8) is 0 Å². The lowest BCUT2D eigenvalue weighted by Crippen LogP contribution is -2.32. The summed E-state index contributed by atoms with van der Waals surface area (Å²) in [4.78, 5) is 2.16. The molecule has 3 heteroatoms. The van der Waals surface area contributed by atoms with Gasteiger partial charge in [0.1, 0.15) is 0 Å². The third kappa shape index (κ3) is 2.47. The third-order valence-corrected chi connectivity index (χ3v) is 2.39. The Kier molecular flexibility index (Phi) is 3.51. The second-order valence-electron chi connectivity index (χ2n) is 3.51. The van der Waals surface area contributed by atoms with Gasteiger partial charge in [-0.15, -0.1) is 0 Å². The van der Waals surface area contributed by atoms with Crippen molar-refractivity contribution in [2.45, 2.75) is 38.3 Å². The first-order valence-electron chi connectivity index (χ1n) is 4.53. The maximum Gasteiger partial charge on any atom is 0.0868 e. The van der Waals surface area contributed by atoms with Crippen LogP contribution in [-0.4, -0.2) is 35.2 Å². The van der Waals surface area contributed by atoms with Gasteiger partial charge in [0.05, 0.1) is 18.7 Å². The van der Waals surface area contributed by atoms with Crippen LogP contribution in [0, 0.1) is 11.3 Å². The van der Waals surface area contributed by atoms with Crippen LogP contribution in [0.3, 0.4) is 0 Å². The van der Waals surface area contributed by atoms with E-state index >= 15 is 0 Å². The summed E-state index contributed by atoms with van der Waals surface area (Å²) in [6.45, 7) is 3.34. The highest BCUT2D eigenvalue weighted by atomic mass is 16.3. The normalized spacial score (nSPS) is 26.9. The molecular weight excluding hydrogens is 152 g/mol. The van der Waals surface area contributed by atoms with Gasteiger partial charge in [-0.05, 0) is 32.7 Å². The molecule has 0 spiro atoms. The number of nitriles is 1. The van der Waals surface area contributed by atoms with Gasteiger partial charge in [0.15, 0.2) is 0 Å². The van der Waals surface area contributed by atoms with Crippen LogP contribution in [0.4, 0.5) is 0 Å². The monoisotopic (exact) mass is 168 g/mol. The molecule has 3 nitrogen and oxygen atoms in total. The van der Waals surface area contributed by atoms with Gasteiger partial charge in [-0.3, -0.25) is 4.90 Å². The van der Waals surface area contributed by atoms with Crippen LogP contribution in [0.2, 0.25) is 0 Å². The van der Waals surface area contributed by atoms with Gasteiger partial charge in [-0.2, -0.15) is 5.26 Å². The smallest absolute Gasteiger partial charge is 0.0868 e. The molecular formula is C9H16N2O. The van der Waals surface area contributed by atoms with Gasteiger partial charge in [0.25, 0.3) is 0 Å². The van der Waals surface area contributed by atoms with Crippen molar-refractivity contribution in [1.29, 1.82) is 5.26 Å². The first-order chi connectivity index (χ1) is 5.74. The summed E-state index contributed by atoms with van der Waals surface area (Å²) in [5, 5.41) is 17.7. The van der Waals surface area contributed by atoms with Gasteiger partial charge in [0.2, 0.25) is 0 Å². The van der Waals surface area contributed by atoms with E-state index in [0.29, 0.717) is 12.6 Å². The summed E-state index contributed by atoms with van der Waals surface area (Å²) >= 11 is 0. The van der Waals surface area contributed by atoms with Crippen LogP contribution in [0.15, 0.2) is 0 Å². The van der Waals surface area contributed by atoms with E-state index in [1.807, 2.05) is 6.92 Å². The highest BCUT2D eigenvalue weighted by Gasteiger charge is 2.24. The van der Waals surface area contributed by atoms with Crippen molar-refractivity contribution in [3.8, 4) is 6.07 Å². The maximum absolute atomic E-state index is 9.19. The predicted molar refractivity (Wildman–Crippen MR) is 46.5 cm³/mol. The van der Waals surface area contributed by atoms with Crippen LogP contribution in [-0.2, 0) is 0 Å². The number of hydrogen-bond donors (Lipinski definition) is 1. The maximum atomic E-state index is 9.19. The van der Waals surface area contributed by atoms with Gasteiger partial charge in [-0.25, -0.2) is 0 Å². The lowest BCUT2D eigenvalue weighted by molar-refractivity contribution is 0.140. The molecule has 1 fully saturated rings. The minimum absolute atomic E-state index is 0.241. The number of hydrogen-bond acceptors (Lipinski definition) is 3. The number of likely N-dealkylation sites (tertiary alicyclic amines) is 1. The SMILES string of the molecule is CC(O)CC1CCCN1CC#N. The molecule has 0 aromatic heterocycles. The van der Waals surface area contributed by atoms with Crippen LogP contribution in [0.25, 0.3) is 0 Å². The van der Waals surface area contributed by atoms with Crippen LogP contribution >= 0.6 is 0 Å². The van der Waals surface area contributed by atoms with Crippen molar-refractivity contribution in [3.05, 3.63) is 0 Å². The average molecular weight is 168 g/mol. The topological polar surface area (TPSA) is 47.3 Å². The zero-order valence-electron chi connectivity index (χ0n) is 7.53. The highest BCUT2D eigenvalue weighted by molar-refractivity contribution is 4.86. The van der Waals surface area contributed by atoms with Gasteiger partial charge in [-0.1, -0.05) is 0 Å². The summed E-state index contributed by atoms with van der Waals surface area (Å²) in [6.07, 6.45) is 2.86. The predicted octanol–water partition coefficient (Wildman–Crippen LogP) is 0.745. The molecule has 1 heterocycles. The molecule has 0 bridgehead atoms. The lowest BCUT2D eigenvalue weighted by atomic mass is 10.1. The fourth-order valence-electron chi connectivity index (χ4n) is 1.85. The molecule has 0 saturated carbocycles. The Morgan fingerprint density at radius 1 is 1.75 bits per heavy atom. The summed E-state index contributed by atoms with van der Waals surface area (Å²) in [7, 11) is 0. The van der Waals surface area contributed by atoms with E-state index < -0.39 is 0 Å². The number of aliphatic hydroxyl groups excluding tert-OH is 1. The molecule has 1 saturated heterocycles.